The molecule has 1 amide bonds. The largest absolute Gasteiger partial charge is 0.495 e. The first-order valence-electron chi connectivity index (χ1n) is 7.39. The predicted octanol–water partition coefficient (Wildman–Crippen LogP) is 3.49. The van der Waals surface area contributed by atoms with E-state index in [9.17, 15) is 4.79 Å². The number of carbonyl (C=O) groups is 1. The molecule has 0 saturated heterocycles. The Morgan fingerprint density at radius 1 is 1.25 bits per heavy atom. The predicted molar refractivity (Wildman–Crippen MR) is 97.2 cm³/mol. The van der Waals surface area contributed by atoms with Crippen molar-refractivity contribution in [2.45, 2.75) is 0 Å². The zero-order valence-corrected chi connectivity index (χ0v) is 13.5. The van der Waals surface area contributed by atoms with E-state index in [1.165, 1.54) is 6.08 Å². The first kappa shape index (κ1) is 17.1. The van der Waals surface area contributed by atoms with Crippen molar-refractivity contribution in [3.05, 3.63) is 66.8 Å². The zero-order chi connectivity index (χ0) is 17.4. The summed E-state index contributed by atoms with van der Waals surface area (Å²) in [6, 6.07) is 12.5. The maximum atomic E-state index is 12.0. The minimum Gasteiger partial charge on any atom is -0.495 e. The van der Waals surface area contributed by atoms with E-state index in [0.717, 1.165) is 5.56 Å². The molecular weight excluding hydrogens is 304 g/mol. The van der Waals surface area contributed by atoms with Crippen molar-refractivity contribution in [2.24, 2.45) is 0 Å². The summed E-state index contributed by atoms with van der Waals surface area (Å²) in [6.07, 6.45) is 4.76. The van der Waals surface area contributed by atoms with Crippen molar-refractivity contribution in [3.8, 4) is 11.5 Å². The monoisotopic (exact) mass is 324 g/mol. The molecule has 0 spiro atoms. The Morgan fingerprint density at radius 2 is 2.04 bits per heavy atom. The lowest BCUT2D eigenvalue weighted by Gasteiger charge is -2.08. The van der Waals surface area contributed by atoms with Crippen LogP contribution in [-0.2, 0) is 4.79 Å². The van der Waals surface area contributed by atoms with E-state index in [2.05, 4.69) is 11.9 Å². The SMILES string of the molecule is C=CCOc1ccc(/C=C\C(=O)Nc2ccccc2OC)cc1N. The minimum absolute atomic E-state index is 0.259. The number of methoxy groups -OCH3 is 1. The van der Waals surface area contributed by atoms with E-state index < -0.39 is 0 Å². The smallest absolute Gasteiger partial charge is 0.248 e. The standard InChI is InChI=1S/C19H20N2O3/c1-3-12-24-17-10-8-14(13-15(17)20)9-11-19(22)21-16-6-4-5-7-18(16)23-2/h3-11,13H,1,12,20H2,2H3,(H,21,22)/b11-9-. The molecule has 5 heteroatoms. The molecule has 0 aliphatic rings. The van der Waals surface area contributed by atoms with E-state index in [1.807, 2.05) is 18.2 Å². The molecule has 0 heterocycles. The molecule has 0 aromatic heterocycles. The van der Waals surface area contributed by atoms with Crippen LogP contribution >= 0.6 is 0 Å². The summed E-state index contributed by atoms with van der Waals surface area (Å²) >= 11 is 0. The quantitative estimate of drug-likeness (QED) is 0.464. The van der Waals surface area contributed by atoms with Gasteiger partial charge >= 0.3 is 0 Å². The highest BCUT2D eigenvalue weighted by Gasteiger charge is 2.04. The molecule has 24 heavy (non-hydrogen) atoms. The van der Waals surface area contributed by atoms with Crippen molar-refractivity contribution < 1.29 is 14.3 Å². The number of para-hydroxylation sites is 2. The van der Waals surface area contributed by atoms with E-state index in [1.54, 1.807) is 43.5 Å². The first-order chi connectivity index (χ1) is 11.6. The average Bonchev–Trinajstić information content (AvgIpc) is 2.59. The molecule has 5 nitrogen and oxygen atoms in total. The van der Waals surface area contributed by atoms with Gasteiger partial charge in [0.1, 0.15) is 18.1 Å². The van der Waals surface area contributed by atoms with Crippen LogP contribution in [0.1, 0.15) is 5.56 Å². The van der Waals surface area contributed by atoms with Crippen LogP contribution in [0.5, 0.6) is 11.5 Å². The van der Waals surface area contributed by atoms with Gasteiger partial charge in [0.2, 0.25) is 5.91 Å². The number of hydrogen-bond acceptors (Lipinski definition) is 4. The van der Waals surface area contributed by atoms with Crippen molar-refractivity contribution in [1.29, 1.82) is 0 Å². The second-order valence-electron chi connectivity index (χ2n) is 4.92. The molecule has 2 aromatic rings. The molecule has 0 saturated carbocycles. The molecule has 124 valence electrons. The fourth-order valence-electron chi connectivity index (χ4n) is 2.04. The summed E-state index contributed by atoms with van der Waals surface area (Å²) in [6.45, 7) is 3.98. The van der Waals surface area contributed by atoms with Crippen LogP contribution in [-0.4, -0.2) is 19.6 Å². The van der Waals surface area contributed by atoms with Gasteiger partial charge < -0.3 is 20.5 Å². The average molecular weight is 324 g/mol. The minimum atomic E-state index is -0.259. The Labute approximate surface area is 141 Å². The van der Waals surface area contributed by atoms with Crippen LogP contribution in [0.4, 0.5) is 11.4 Å². The number of nitrogens with two attached hydrogens (primary N) is 1. The van der Waals surface area contributed by atoms with Crippen LogP contribution in [0, 0.1) is 0 Å². The van der Waals surface area contributed by atoms with E-state index in [0.29, 0.717) is 29.5 Å². The molecule has 0 radical (unpaired) electrons. The van der Waals surface area contributed by atoms with Gasteiger partial charge in [0, 0.05) is 6.08 Å². The number of nitrogens with one attached hydrogen (secondary N) is 1. The third kappa shape index (κ3) is 4.64. The Balaban J connectivity index is 2.03. The van der Waals surface area contributed by atoms with Gasteiger partial charge in [0.15, 0.2) is 0 Å². The molecule has 0 unspecified atom stereocenters. The number of ether oxygens (including phenoxy) is 2. The summed E-state index contributed by atoms with van der Waals surface area (Å²) in [5, 5.41) is 2.77. The van der Waals surface area contributed by atoms with Crippen LogP contribution in [0.2, 0.25) is 0 Å². The van der Waals surface area contributed by atoms with E-state index in [4.69, 9.17) is 15.2 Å². The topological polar surface area (TPSA) is 73.6 Å². The van der Waals surface area contributed by atoms with Crippen LogP contribution in [0.25, 0.3) is 6.08 Å². The van der Waals surface area contributed by atoms with Crippen LogP contribution < -0.4 is 20.5 Å². The van der Waals surface area contributed by atoms with Gasteiger partial charge in [-0.2, -0.15) is 0 Å². The number of nitrogen functional groups attached to an aromatic ring is 1. The third-order valence-corrected chi connectivity index (χ3v) is 3.18. The number of benzene rings is 2. The van der Waals surface area contributed by atoms with Crippen LogP contribution in [0.15, 0.2) is 61.2 Å². The first-order valence-corrected chi connectivity index (χ1v) is 7.39. The van der Waals surface area contributed by atoms with Crippen LogP contribution in [0.3, 0.4) is 0 Å². The lowest BCUT2D eigenvalue weighted by molar-refractivity contribution is -0.111. The lowest BCUT2D eigenvalue weighted by Crippen LogP contribution is -2.08. The van der Waals surface area contributed by atoms with Gasteiger partial charge in [0.25, 0.3) is 0 Å². The van der Waals surface area contributed by atoms with Gasteiger partial charge in [-0.1, -0.05) is 30.9 Å². The van der Waals surface area contributed by atoms with Crippen molar-refractivity contribution in [3.63, 3.8) is 0 Å². The maximum Gasteiger partial charge on any atom is 0.248 e. The number of carbonyl (C=O) groups excluding carboxylic acids is 1. The highest BCUT2D eigenvalue weighted by molar-refractivity contribution is 6.02. The van der Waals surface area contributed by atoms with Crippen molar-refractivity contribution in [1.82, 2.24) is 0 Å². The van der Waals surface area contributed by atoms with E-state index in [-0.39, 0.29) is 5.91 Å². The maximum absolute atomic E-state index is 12.0. The highest BCUT2D eigenvalue weighted by atomic mass is 16.5. The van der Waals surface area contributed by atoms with Gasteiger partial charge in [-0.15, -0.1) is 0 Å². The van der Waals surface area contributed by atoms with Gasteiger partial charge in [0.05, 0.1) is 18.5 Å². The zero-order valence-electron chi connectivity index (χ0n) is 13.5. The summed E-state index contributed by atoms with van der Waals surface area (Å²) in [5.74, 6) is 0.933. The number of hydrogen-bond donors (Lipinski definition) is 2. The fourth-order valence-corrected chi connectivity index (χ4v) is 2.04. The molecule has 3 N–H and O–H groups in total. The van der Waals surface area contributed by atoms with E-state index >= 15 is 0 Å². The molecule has 0 aliphatic carbocycles. The van der Waals surface area contributed by atoms with Gasteiger partial charge in [-0.05, 0) is 35.9 Å². The lowest BCUT2D eigenvalue weighted by atomic mass is 10.1. The molecule has 0 atom stereocenters. The molecule has 0 aliphatic heterocycles. The Morgan fingerprint density at radius 3 is 2.75 bits per heavy atom. The summed E-state index contributed by atoms with van der Waals surface area (Å²) in [4.78, 5) is 12.0. The third-order valence-electron chi connectivity index (χ3n) is 3.18. The molecule has 2 aromatic carbocycles. The Bertz CT molecular complexity index is 754. The second-order valence-corrected chi connectivity index (χ2v) is 4.92. The summed E-state index contributed by atoms with van der Waals surface area (Å²) in [7, 11) is 1.56. The number of anilines is 2. The Kier molecular flexibility index (Phi) is 6.02. The normalized spacial score (nSPS) is 10.4. The van der Waals surface area contributed by atoms with Crippen molar-refractivity contribution in [2.75, 3.05) is 24.8 Å². The Hall–Kier alpha value is -3.21. The molecule has 0 bridgehead atoms. The summed E-state index contributed by atoms with van der Waals surface area (Å²) < 4.78 is 10.6. The molecule has 2 rings (SSSR count). The fraction of sp³-hybridized carbons (Fsp3) is 0.105. The second kappa shape index (κ2) is 8.43. The molecule has 0 fully saturated rings. The summed E-state index contributed by atoms with van der Waals surface area (Å²) in [5.41, 5.74) is 7.84. The highest BCUT2D eigenvalue weighted by Crippen LogP contribution is 2.24. The van der Waals surface area contributed by atoms with Crippen molar-refractivity contribution >= 4 is 23.4 Å². The number of amides is 1. The van der Waals surface area contributed by atoms with Gasteiger partial charge in [-0.25, -0.2) is 0 Å². The van der Waals surface area contributed by atoms with Gasteiger partial charge in [-0.3, -0.25) is 4.79 Å². The molecular formula is C19H20N2O3. The number of rotatable bonds is 7.